The van der Waals surface area contributed by atoms with Gasteiger partial charge < -0.3 is 26.2 Å². The van der Waals surface area contributed by atoms with Crippen LogP contribution in [0.3, 0.4) is 0 Å². The largest absolute Gasteiger partial charge is 0.368 e. The van der Waals surface area contributed by atoms with Crippen molar-refractivity contribution in [2.45, 2.75) is 13.8 Å². The lowest BCUT2D eigenvalue weighted by Gasteiger charge is -2.32. The molecule has 1 amide bonds. The maximum absolute atomic E-state index is 12.9. The third-order valence-electron chi connectivity index (χ3n) is 5.14. The molecule has 10 nitrogen and oxygen atoms in total. The zero-order valence-corrected chi connectivity index (χ0v) is 19.2. The van der Waals surface area contributed by atoms with Crippen LogP contribution in [0, 0.1) is 6.92 Å². The highest BCUT2D eigenvalue weighted by atomic mass is 32.1. The van der Waals surface area contributed by atoms with Crippen LogP contribution in [0.15, 0.2) is 24.3 Å². The van der Waals surface area contributed by atoms with Gasteiger partial charge in [0.2, 0.25) is 11.9 Å². The Hall–Kier alpha value is -3.31. The fourth-order valence-corrected chi connectivity index (χ4v) is 4.40. The number of aryl methyl sites for hydroxylation is 1. The van der Waals surface area contributed by atoms with Crippen molar-refractivity contribution in [2.24, 2.45) is 0 Å². The van der Waals surface area contributed by atoms with Crippen LogP contribution in [-0.4, -0.2) is 75.4 Å². The molecule has 11 heteroatoms. The summed E-state index contributed by atoms with van der Waals surface area (Å²) in [4.78, 5) is 35.4. The van der Waals surface area contributed by atoms with Crippen LogP contribution in [-0.2, 0) is 0 Å². The number of hydrogen-bond donors (Lipinski definition) is 3. The number of carbonyl (C=O) groups is 1. The number of thiazole rings is 1. The Balaban J connectivity index is 1.55. The standard InChI is InChI=1S/C21H27N9OS/c1-4-23-21-24-13(2)16(32-21)17-26-19(22)28-20(27-17)25-15-7-5-6-14(12-15)18(31)30-10-8-29(3)9-11-30/h5-7,12H,4,8-11H2,1-3H3,(H,23,24)(H3,22,25,26,27,28). The first-order valence-corrected chi connectivity index (χ1v) is 11.3. The van der Waals surface area contributed by atoms with E-state index in [0.717, 1.165) is 48.4 Å². The van der Waals surface area contributed by atoms with Gasteiger partial charge >= 0.3 is 0 Å². The molecule has 32 heavy (non-hydrogen) atoms. The lowest BCUT2D eigenvalue weighted by Crippen LogP contribution is -2.47. The minimum Gasteiger partial charge on any atom is -0.368 e. The van der Waals surface area contributed by atoms with Gasteiger partial charge in [-0.3, -0.25) is 4.79 Å². The Bertz CT molecular complexity index is 1110. The smallest absolute Gasteiger partial charge is 0.254 e. The minimum absolute atomic E-state index is 0.0221. The number of carbonyl (C=O) groups excluding carboxylic acids is 1. The number of nitrogens with two attached hydrogens (primary N) is 1. The summed E-state index contributed by atoms with van der Waals surface area (Å²) in [5, 5.41) is 7.17. The van der Waals surface area contributed by atoms with Gasteiger partial charge in [-0.05, 0) is 39.1 Å². The maximum atomic E-state index is 12.9. The van der Waals surface area contributed by atoms with Crippen LogP contribution in [0.2, 0.25) is 0 Å². The van der Waals surface area contributed by atoms with Gasteiger partial charge in [-0.15, -0.1) is 0 Å². The second kappa shape index (κ2) is 9.45. The van der Waals surface area contributed by atoms with E-state index in [1.165, 1.54) is 11.3 Å². The van der Waals surface area contributed by atoms with E-state index in [-0.39, 0.29) is 11.9 Å². The molecule has 0 unspecified atom stereocenters. The molecule has 1 saturated heterocycles. The maximum Gasteiger partial charge on any atom is 0.254 e. The van der Waals surface area contributed by atoms with Gasteiger partial charge in [0.05, 0.1) is 10.6 Å². The summed E-state index contributed by atoms with van der Waals surface area (Å²) < 4.78 is 0. The third-order valence-corrected chi connectivity index (χ3v) is 6.25. The predicted octanol–water partition coefficient (Wildman–Crippen LogP) is 2.45. The molecule has 0 bridgehead atoms. The third kappa shape index (κ3) is 4.94. The topological polar surface area (TPSA) is 125 Å². The molecule has 0 spiro atoms. The van der Waals surface area contributed by atoms with Gasteiger partial charge in [-0.25, -0.2) is 4.98 Å². The molecule has 4 rings (SSSR count). The Morgan fingerprint density at radius 2 is 1.94 bits per heavy atom. The first-order chi connectivity index (χ1) is 15.4. The molecule has 0 atom stereocenters. The number of rotatable bonds is 6. The summed E-state index contributed by atoms with van der Waals surface area (Å²) in [5.41, 5.74) is 8.10. The van der Waals surface area contributed by atoms with Crippen molar-refractivity contribution in [3.05, 3.63) is 35.5 Å². The van der Waals surface area contributed by atoms with E-state index in [2.05, 4.69) is 42.5 Å². The Morgan fingerprint density at radius 1 is 1.16 bits per heavy atom. The Kier molecular flexibility index (Phi) is 6.47. The molecule has 3 aromatic rings. The van der Waals surface area contributed by atoms with Crippen molar-refractivity contribution in [3.63, 3.8) is 0 Å². The van der Waals surface area contributed by atoms with Crippen LogP contribution >= 0.6 is 11.3 Å². The SMILES string of the molecule is CCNc1nc(C)c(-c2nc(N)nc(Nc3cccc(C(=O)N4CCN(C)CC4)c3)n2)s1. The quantitative estimate of drug-likeness (QED) is 0.516. The average molecular weight is 454 g/mol. The van der Waals surface area contributed by atoms with Crippen LogP contribution in [0.5, 0.6) is 0 Å². The fourth-order valence-electron chi connectivity index (χ4n) is 3.43. The zero-order chi connectivity index (χ0) is 22.7. The minimum atomic E-state index is 0.0221. The van der Waals surface area contributed by atoms with Crippen molar-refractivity contribution in [2.75, 3.05) is 56.1 Å². The molecule has 168 valence electrons. The van der Waals surface area contributed by atoms with E-state index < -0.39 is 0 Å². The van der Waals surface area contributed by atoms with Crippen molar-refractivity contribution in [3.8, 4) is 10.7 Å². The van der Waals surface area contributed by atoms with Gasteiger partial charge in [0.25, 0.3) is 5.91 Å². The molecule has 3 heterocycles. The summed E-state index contributed by atoms with van der Waals surface area (Å²) in [6.45, 7) is 7.91. The van der Waals surface area contributed by atoms with Gasteiger partial charge in [0, 0.05) is 44.0 Å². The van der Waals surface area contributed by atoms with Crippen molar-refractivity contribution >= 4 is 40.0 Å². The van der Waals surface area contributed by atoms with Gasteiger partial charge in [-0.2, -0.15) is 15.0 Å². The molecular formula is C21H27N9OS. The second-order valence-electron chi connectivity index (χ2n) is 7.61. The summed E-state index contributed by atoms with van der Waals surface area (Å²) in [7, 11) is 2.07. The van der Waals surface area contributed by atoms with Gasteiger partial charge in [0.15, 0.2) is 11.0 Å². The number of amides is 1. The second-order valence-corrected chi connectivity index (χ2v) is 8.61. The van der Waals surface area contributed by atoms with Crippen LogP contribution in [0.25, 0.3) is 10.7 Å². The van der Waals surface area contributed by atoms with E-state index in [4.69, 9.17) is 5.73 Å². The highest BCUT2D eigenvalue weighted by molar-refractivity contribution is 7.19. The summed E-state index contributed by atoms with van der Waals surface area (Å²) in [5.74, 6) is 0.909. The van der Waals surface area contributed by atoms with E-state index in [9.17, 15) is 4.79 Å². The summed E-state index contributed by atoms with van der Waals surface area (Å²) in [6.07, 6.45) is 0. The van der Waals surface area contributed by atoms with Crippen LogP contribution < -0.4 is 16.4 Å². The van der Waals surface area contributed by atoms with Gasteiger partial charge in [0.1, 0.15) is 0 Å². The number of aromatic nitrogens is 4. The highest BCUT2D eigenvalue weighted by Gasteiger charge is 2.21. The molecule has 0 radical (unpaired) electrons. The van der Waals surface area contributed by atoms with Gasteiger partial charge in [-0.1, -0.05) is 17.4 Å². The molecule has 2 aromatic heterocycles. The molecule has 0 aliphatic carbocycles. The molecular weight excluding hydrogens is 426 g/mol. The normalized spacial score (nSPS) is 14.4. The lowest BCUT2D eigenvalue weighted by atomic mass is 10.1. The van der Waals surface area contributed by atoms with E-state index in [1.807, 2.05) is 43.0 Å². The molecule has 0 saturated carbocycles. The zero-order valence-electron chi connectivity index (χ0n) is 18.4. The summed E-state index contributed by atoms with van der Waals surface area (Å²) in [6, 6.07) is 7.33. The summed E-state index contributed by atoms with van der Waals surface area (Å²) >= 11 is 1.47. The number of hydrogen-bond acceptors (Lipinski definition) is 10. The number of piperazine rings is 1. The number of likely N-dealkylation sites (N-methyl/N-ethyl adjacent to an activating group) is 1. The predicted molar refractivity (Wildman–Crippen MR) is 127 cm³/mol. The number of nitrogen functional groups attached to an aromatic ring is 1. The number of benzene rings is 1. The highest BCUT2D eigenvalue weighted by Crippen LogP contribution is 2.31. The Morgan fingerprint density at radius 3 is 2.69 bits per heavy atom. The van der Waals surface area contributed by atoms with Crippen molar-refractivity contribution in [1.82, 2.24) is 29.7 Å². The number of nitrogens with one attached hydrogen (secondary N) is 2. The first kappa shape index (κ1) is 21.9. The first-order valence-electron chi connectivity index (χ1n) is 10.5. The lowest BCUT2D eigenvalue weighted by molar-refractivity contribution is 0.0664. The number of anilines is 4. The van der Waals surface area contributed by atoms with E-state index >= 15 is 0 Å². The monoisotopic (exact) mass is 453 g/mol. The van der Waals surface area contributed by atoms with E-state index in [1.54, 1.807) is 0 Å². The molecule has 1 aromatic carbocycles. The van der Waals surface area contributed by atoms with Crippen LogP contribution in [0.1, 0.15) is 23.0 Å². The average Bonchev–Trinajstić information content (AvgIpc) is 3.14. The molecule has 4 N–H and O–H groups in total. The van der Waals surface area contributed by atoms with Crippen LogP contribution in [0.4, 0.5) is 22.7 Å². The molecule has 1 aliphatic heterocycles. The number of nitrogens with zero attached hydrogens (tertiary/aromatic N) is 6. The molecule has 1 fully saturated rings. The molecule has 1 aliphatic rings. The Labute approximate surface area is 190 Å². The fraction of sp³-hybridized carbons (Fsp3) is 0.381. The van der Waals surface area contributed by atoms with Crippen molar-refractivity contribution < 1.29 is 4.79 Å². The van der Waals surface area contributed by atoms with E-state index in [0.29, 0.717) is 23.0 Å². The van der Waals surface area contributed by atoms with Crippen molar-refractivity contribution in [1.29, 1.82) is 0 Å².